The Morgan fingerprint density at radius 3 is 2.47 bits per heavy atom. The van der Waals surface area contributed by atoms with Gasteiger partial charge in [-0.2, -0.15) is 0 Å². The number of hydrogen-bond acceptors (Lipinski definition) is 1. The van der Waals surface area contributed by atoms with Crippen LogP contribution in [-0.2, 0) is 0 Å². The third-order valence-electron chi connectivity index (χ3n) is 5.07. The van der Waals surface area contributed by atoms with E-state index in [1.54, 1.807) is 11.3 Å². The van der Waals surface area contributed by atoms with Crippen molar-refractivity contribution in [2.75, 3.05) is 0 Å². The number of alkyl halides is 1. The maximum absolute atomic E-state index is 6.68. The lowest BCUT2D eigenvalue weighted by Gasteiger charge is -2.12. The Morgan fingerprint density at radius 2 is 1.94 bits per heavy atom. The predicted octanol–water partition coefficient (Wildman–Crippen LogP) is 5.74. The standard InChI is InChI=1S/C13H13BrCl2S/c14-7-4-8(17-13(7)16)12(15)11-9-5-1-2-6(3-5)10(9)11/h4-6,9-12H,1-3H2. The van der Waals surface area contributed by atoms with Crippen LogP contribution in [0.25, 0.3) is 0 Å². The number of fused-ring (bicyclic) bond motifs is 5. The Hall–Kier alpha value is 0.760. The average molecular weight is 352 g/mol. The second-order valence-corrected chi connectivity index (χ2v) is 8.75. The van der Waals surface area contributed by atoms with Gasteiger partial charge in [0.15, 0.2) is 0 Å². The van der Waals surface area contributed by atoms with Gasteiger partial charge in [-0.25, -0.2) is 0 Å². The Bertz CT molecular complexity index is 436. The number of hydrogen-bond donors (Lipinski definition) is 0. The summed E-state index contributed by atoms with van der Waals surface area (Å²) >= 11 is 17.9. The minimum Gasteiger partial charge on any atom is -0.126 e. The van der Waals surface area contributed by atoms with E-state index in [9.17, 15) is 0 Å². The van der Waals surface area contributed by atoms with Gasteiger partial charge in [-0.05, 0) is 70.8 Å². The van der Waals surface area contributed by atoms with Crippen molar-refractivity contribution < 1.29 is 0 Å². The van der Waals surface area contributed by atoms with Gasteiger partial charge in [-0.3, -0.25) is 0 Å². The molecule has 5 unspecified atom stereocenters. The smallest absolute Gasteiger partial charge is 0.107 e. The normalized spacial score (nSPS) is 43.8. The van der Waals surface area contributed by atoms with E-state index in [1.165, 1.54) is 24.1 Å². The lowest BCUT2D eigenvalue weighted by Crippen LogP contribution is -2.02. The maximum Gasteiger partial charge on any atom is 0.107 e. The van der Waals surface area contributed by atoms with E-state index in [1.807, 2.05) is 0 Å². The summed E-state index contributed by atoms with van der Waals surface area (Å²) in [6.45, 7) is 0. The van der Waals surface area contributed by atoms with Crippen molar-refractivity contribution in [1.29, 1.82) is 0 Å². The molecule has 0 saturated heterocycles. The van der Waals surface area contributed by atoms with E-state index < -0.39 is 0 Å². The molecule has 1 aromatic rings. The van der Waals surface area contributed by atoms with Crippen molar-refractivity contribution in [2.24, 2.45) is 29.6 Å². The van der Waals surface area contributed by atoms with Gasteiger partial charge in [0.05, 0.1) is 5.38 Å². The van der Waals surface area contributed by atoms with E-state index in [-0.39, 0.29) is 5.38 Å². The van der Waals surface area contributed by atoms with Gasteiger partial charge in [-0.1, -0.05) is 11.6 Å². The van der Waals surface area contributed by atoms with Crippen LogP contribution in [0.2, 0.25) is 4.34 Å². The van der Waals surface area contributed by atoms with Crippen molar-refractivity contribution >= 4 is 50.5 Å². The first kappa shape index (κ1) is 11.6. The van der Waals surface area contributed by atoms with Crippen molar-refractivity contribution in [3.63, 3.8) is 0 Å². The molecule has 2 bridgehead atoms. The fourth-order valence-electron chi connectivity index (χ4n) is 4.47. The fraction of sp³-hybridized carbons (Fsp3) is 0.692. The third-order valence-corrected chi connectivity index (χ3v) is 8.28. The summed E-state index contributed by atoms with van der Waals surface area (Å²) in [4.78, 5) is 1.25. The highest BCUT2D eigenvalue weighted by atomic mass is 79.9. The van der Waals surface area contributed by atoms with Crippen LogP contribution < -0.4 is 0 Å². The van der Waals surface area contributed by atoms with Crippen LogP contribution in [0.5, 0.6) is 0 Å². The van der Waals surface area contributed by atoms with Gasteiger partial charge in [0, 0.05) is 9.35 Å². The van der Waals surface area contributed by atoms with E-state index in [0.29, 0.717) is 0 Å². The lowest BCUT2D eigenvalue weighted by molar-refractivity contribution is 0.456. The first-order valence-corrected chi connectivity index (χ1v) is 8.68. The van der Waals surface area contributed by atoms with Crippen molar-refractivity contribution in [1.82, 2.24) is 0 Å². The SMILES string of the molecule is Clc1sc(C(Cl)C2C3C4CCC(C4)C32)cc1Br. The lowest BCUT2D eigenvalue weighted by atomic mass is 10.00. The highest BCUT2D eigenvalue weighted by molar-refractivity contribution is 9.10. The highest BCUT2D eigenvalue weighted by Gasteiger charge is 2.66. The Labute approximate surface area is 124 Å². The molecule has 1 aromatic heterocycles. The average Bonchev–Trinajstić information content (AvgIpc) is 2.60. The number of thiophene rings is 1. The molecule has 92 valence electrons. The molecule has 0 N–H and O–H groups in total. The molecule has 0 radical (unpaired) electrons. The van der Waals surface area contributed by atoms with Gasteiger partial charge < -0.3 is 0 Å². The van der Waals surface area contributed by atoms with Crippen LogP contribution in [0, 0.1) is 29.6 Å². The largest absolute Gasteiger partial charge is 0.126 e. The summed E-state index contributed by atoms with van der Waals surface area (Å²) in [5, 5.41) is 0.196. The second-order valence-electron chi connectivity index (χ2n) is 5.74. The first-order valence-electron chi connectivity index (χ1n) is 6.25. The fourth-order valence-corrected chi connectivity index (χ4v) is 6.78. The van der Waals surface area contributed by atoms with E-state index in [0.717, 1.165) is 38.4 Å². The minimum absolute atomic E-state index is 0.196. The van der Waals surface area contributed by atoms with Gasteiger partial charge >= 0.3 is 0 Å². The van der Waals surface area contributed by atoms with Crippen LogP contribution in [0.4, 0.5) is 0 Å². The molecule has 3 fully saturated rings. The minimum atomic E-state index is 0.196. The zero-order valence-electron chi connectivity index (χ0n) is 9.20. The van der Waals surface area contributed by atoms with Crippen molar-refractivity contribution in [2.45, 2.75) is 24.6 Å². The van der Waals surface area contributed by atoms with E-state index in [4.69, 9.17) is 23.2 Å². The summed E-state index contributed by atoms with van der Waals surface area (Å²) in [5.74, 6) is 4.61. The molecule has 5 atom stereocenters. The summed E-state index contributed by atoms with van der Waals surface area (Å²) < 4.78 is 1.83. The zero-order valence-corrected chi connectivity index (χ0v) is 13.1. The molecule has 0 nitrogen and oxygen atoms in total. The highest BCUT2D eigenvalue weighted by Crippen LogP contribution is 2.73. The van der Waals surface area contributed by atoms with Gasteiger partial charge in [0.2, 0.25) is 0 Å². The van der Waals surface area contributed by atoms with Gasteiger partial charge in [0.1, 0.15) is 4.34 Å². The quantitative estimate of drug-likeness (QED) is 0.596. The summed E-state index contributed by atoms with van der Waals surface area (Å²) in [7, 11) is 0. The molecular weight excluding hydrogens is 339 g/mol. The van der Waals surface area contributed by atoms with E-state index in [2.05, 4.69) is 22.0 Å². The van der Waals surface area contributed by atoms with Gasteiger partial charge in [-0.15, -0.1) is 22.9 Å². The van der Waals surface area contributed by atoms with E-state index >= 15 is 0 Å². The van der Waals surface area contributed by atoms with Crippen LogP contribution in [-0.4, -0.2) is 0 Å². The zero-order chi connectivity index (χ0) is 11.7. The molecule has 3 aliphatic rings. The van der Waals surface area contributed by atoms with Crippen LogP contribution >= 0.6 is 50.5 Å². The maximum atomic E-state index is 6.68. The van der Waals surface area contributed by atoms with Crippen LogP contribution in [0.1, 0.15) is 29.5 Å². The Morgan fingerprint density at radius 1 is 1.29 bits per heavy atom. The summed E-state index contributed by atoms with van der Waals surface area (Å²) in [5.41, 5.74) is 0. The Kier molecular flexibility index (Phi) is 2.64. The van der Waals surface area contributed by atoms with Crippen LogP contribution in [0.3, 0.4) is 0 Å². The molecule has 0 aliphatic heterocycles. The third kappa shape index (κ3) is 1.60. The number of rotatable bonds is 2. The second kappa shape index (κ2) is 3.88. The summed E-state index contributed by atoms with van der Waals surface area (Å²) in [6.07, 6.45) is 4.41. The van der Waals surface area contributed by atoms with Crippen molar-refractivity contribution in [3.8, 4) is 0 Å². The molecule has 17 heavy (non-hydrogen) atoms. The van der Waals surface area contributed by atoms with Crippen LogP contribution in [0.15, 0.2) is 10.5 Å². The molecule has 4 heteroatoms. The molecule has 1 heterocycles. The molecule has 0 aromatic carbocycles. The monoisotopic (exact) mass is 350 g/mol. The molecular formula is C13H13BrCl2S. The van der Waals surface area contributed by atoms with Gasteiger partial charge in [0.25, 0.3) is 0 Å². The molecule has 0 amide bonds. The first-order chi connectivity index (χ1) is 8.16. The molecule has 3 aliphatic carbocycles. The van der Waals surface area contributed by atoms with Crippen molar-refractivity contribution in [3.05, 3.63) is 19.8 Å². The molecule has 0 spiro atoms. The predicted molar refractivity (Wildman–Crippen MR) is 76.9 cm³/mol. The topological polar surface area (TPSA) is 0 Å². The molecule has 4 rings (SSSR count). The molecule has 3 saturated carbocycles. The summed E-state index contributed by atoms with van der Waals surface area (Å²) in [6, 6.07) is 2.11. The Balaban J connectivity index is 1.57. The number of halogens is 3.